The Bertz CT molecular complexity index is 1270. The van der Waals surface area contributed by atoms with Crippen LogP contribution in [0.4, 0.5) is 4.39 Å². The third-order valence-corrected chi connectivity index (χ3v) is 6.94. The molecule has 188 valence electrons. The van der Waals surface area contributed by atoms with E-state index >= 15 is 0 Å². The van der Waals surface area contributed by atoms with Gasteiger partial charge in [-0.15, -0.1) is 5.10 Å². The molecular formula is C25H24BrClFN5O2S. The minimum absolute atomic E-state index is 0.0124. The second kappa shape index (κ2) is 13.0. The van der Waals surface area contributed by atoms with Gasteiger partial charge < -0.3 is 14.8 Å². The second-order valence-electron chi connectivity index (χ2n) is 7.56. The van der Waals surface area contributed by atoms with Crippen LogP contribution in [0.25, 0.3) is 5.69 Å². The van der Waals surface area contributed by atoms with Gasteiger partial charge >= 0.3 is 0 Å². The molecule has 1 aromatic heterocycles. The highest BCUT2D eigenvalue weighted by molar-refractivity contribution is 9.10. The quantitative estimate of drug-likeness (QED) is 0.158. The number of halogens is 3. The van der Waals surface area contributed by atoms with Crippen LogP contribution in [0.15, 0.2) is 70.3 Å². The number of nitrogens with one attached hydrogen (secondary N) is 1. The summed E-state index contributed by atoms with van der Waals surface area (Å²) >= 11 is 11.3. The first-order chi connectivity index (χ1) is 17.6. The molecule has 3 aromatic carbocycles. The SMILES string of the molecule is CCOc1cc(CNCCSc2nnnn2-c2ccccc2)cc(Br)c1OCc1c(F)cccc1Cl. The molecule has 0 atom stereocenters. The molecule has 0 amide bonds. The molecule has 1 N–H and O–H groups in total. The molecule has 0 saturated carbocycles. The maximum atomic E-state index is 14.1. The predicted octanol–water partition coefficient (Wildman–Crippen LogP) is 6.08. The number of nitrogens with zero attached hydrogens (tertiary/aromatic N) is 4. The lowest BCUT2D eigenvalue weighted by molar-refractivity contribution is 0.264. The number of aromatic nitrogens is 4. The number of hydrogen-bond acceptors (Lipinski definition) is 7. The van der Waals surface area contributed by atoms with Gasteiger partial charge in [-0.25, -0.2) is 4.39 Å². The van der Waals surface area contributed by atoms with Gasteiger partial charge in [0, 0.05) is 24.4 Å². The fraction of sp³-hybridized carbons (Fsp3) is 0.240. The highest BCUT2D eigenvalue weighted by Crippen LogP contribution is 2.38. The van der Waals surface area contributed by atoms with Gasteiger partial charge in [-0.3, -0.25) is 0 Å². The maximum absolute atomic E-state index is 14.1. The first kappa shape index (κ1) is 26.4. The predicted molar refractivity (Wildman–Crippen MR) is 143 cm³/mol. The lowest BCUT2D eigenvalue weighted by atomic mass is 10.2. The Kier molecular flexibility index (Phi) is 9.57. The highest BCUT2D eigenvalue weighted by Gasteiger charge is 2.15. The van der Waals surface area contributed by atoms with Gasteiger partial charge in [0.05, 0.1) is 21.8 Å². The minimum atomic E-state index is -0.409. The summed E-state index contributed by atoms with van der Waals surface area (Å²) in [5.74, 6) is 1.46. The van der Waals surface area contributed by atoms with Crippen LogP contribution in [0.2, 0.25) is 5.02 Å². The van der Waals surface area contributed by atoms with Gasteiger partial charge in [0.1, 0.15) is 12.4 Å². The number of thioether (sulfide) groups is 1. The molecule has 0 fully saturated rings. The Balaban J connectivity index is 1.33. The van der Waals surface area contributed by atoms with Crippen molar-refractivity contribution in [1.82, 2.24) is 25.5 Å². The van der Waals surface area contributed by atoms with Crippen LogP contribution in [0.3, 0.4) is 0 Å². The van der Waals surface area contributed by atoms with Crippen LogP contribution < -0.4 is 14.8 Å². The number of para-hydroxylation sites is 1. The van der Waals surface area contributed by atoms with E-state index in [0.29, 0.717) is 39.7 Å². The molecule has 0 aliphatic rings. The third-order valence-electron chi connectivity index (χ3n) is 5.07. The van der Waals surface area contributed by atoms with Crippen LogP contribution in [-0.2, 0) is 13.2 Å². The number of ether oxygens (including phenoxy) is 2. The molecule has 4 rings (SSSR count). The summed E-state index contributed by atoms with van der Waals surface area (Å²) in [6.07, 6.45) is 0. The van der Waals surface area contributed by atoms with E-state index in [4.69, 9.17) is 21.1 Å². The normalized spacial score (nSPS) is 11.0. The molecule has 0 bridgehead atoms. The van der Waals surface area contributed by atoms with E-state index in [1.807, 2.05) is 49.4 Å². The fourth-order valence-electron chi connectivity index (χ4n) is 3.39. The number of hydrogen-bond donors (Lipinski definition) is 1. The lowest BCUT2D eigenvalue weighted by Crippen LogP contribution is -2.17. The van der Waals surface area contributed by atoms with Gasteiger partial charge in [0.15, 0.2) is 11.5 Å². The van der Waals surface area contributed by atoms with Crippen LogP contribution in [0.1, 0.15) is 18.1 Å². The Morgan fingerprint density at radius 2 is 1.94 bits per heavy atom. The molecular weight excluding hydrogens is 569 g/mol. The first-order valence-corrected chi connectivity index (χ1v) is 13.4. The molecule has 4 aromatic rings. The van der Waals surface area contributed by atoms with E-state index < -0.39 is 5.82 Å². The second-order valence-corrected chi connectivity index (χ2v) is 9.88. The van der Waals surface area contributed by atoms with Crippen molar-refractivity contribution in [1.29, 1.82) is 0 Å². The van der Waals surface area contributed by atoms with E-state index in [2.05, 4.69) is 36.8 Å². The Morgan fingerprint density at radius 3 is 2.72 bits per heavy atom. The highest BCUT2D eigenvalue weighted by atomic mass is 79.9. The van der Waals surface area contributed by atoms with Crippen molar-refractivity contribution >= 4 is 39.3 Å². The molecule has 0 radical (unpaired) electrons. The standard InChI is InChI=1S/C25H24BrClFN5O2S/c1-2-34-23-14-17(13-20(26)24(23)35-16-19-21(27)9-6-10-22(19)28)15-29-11-12-36-25-30-31-32-33(25)18-7-4-3-5-8-18/h3-10,13-14,29H,2,11-12,15-16H2,1H3. The molecule has 0 saturated heterocycles. The summed E-state index contributed by atoms with van der Waals surface area (Å²) in [5, 5.41) is 16.5. The van der Waals surface area contributed by atoms with Gasteiger partial charge in [-0.2, -0.15) is 4.68 Å². The van der Waals surface area contributed by atoms with Crippen molar-refractivity contribution in [3.8, 4) is 17.2 Å². The molecule has 7 nitrogen and oxygen atoms in total. The zero-order chi connectivity index (χ0) is 25.3. The van der Waals surface area contributed by atoms with Crippen molar-refractivity contribution in [3.63, 3.8) is 0 Å². The number of tetrazole rings is 1. The summed E-state index contributed by atoms with van der Waals surface area (Å²) in [4.78, 5) is 0. The lowest BCUT2D eigenvalue weighted by Gasteiger charge is -2.16. The average Bonchev–Trinajstić information content (AvgIpc) is 3.34. The Hall–Kier alpha value is -2.66. The minimum Gasteiger partial charge on any atom is -0.490 e. The van der Waals surface area contributed by atoms with Gasteiger partial charge in [0.25, 0.3) is 0 Å². The molecule has 0 spiro atoms. The number of rotatable bonds is 12. The van der Waals surface area contributed by atoms with E-state index in [1.54, 1.807) is 28.6 Å². The zero-order valence-corrected chi connectivity index (χ0v) is 22.6. The van der Waals surface area contributed by atoms with Gasteiger partial charge in [0.2, 0.25) is 5.16 Å². The van der Waals surface area contributed by atoms with Crippen LogP contribution in [0.5, 0.6) is 11.5 Å². The first-order valence-electron chi connectivity index (χ1n) is 11.2. The monoisotopic (exact) mass is 591 g/mol. The van der Waals surface area contributed by atoms with Gasteiger partial charge in [-0.1, -0.05) is 47.6 Å². The van der Waals surface area contributed by atoms with Crippen LogP contribution >= 0.6 is 39.3 Å². The molecule has 36 heavy (non-hydrogen) atoms. The molecule has 0 aliphatic carbocycles. The maximum Gasteiger partial charge on any atom is 0.214 e. The number of benzene rings is 3. The Morgan fingerprint density at radius 1 is 1.11 bits per heavy atom. The van der Waals surface area contributed by atoms with E-state index in [0.717, 1.165) is 28.7 Å². The van der Waals surface area contributed by atoms with Crippen molar-refractivity contribution in [3.05, 3.63) is 87.1 Å². The summed E-state index contributed by atoms with van der Waals surface area (Å²) in [5.41, 5.74) is 2.24. The third kappa shape index (κ3) is 6.76. The van der Waals surface area contributed by atoms with Crippen molar-refractivity contribution < 1.29 is 13.9 Å². The largest absolute Gasteiger partial charge is 0.490 e. The summed E-state index contributed by atoms with van der Waals surface area (Å²) in [6.45, 7) is 3.73. The Labute approximate surface area is 226 Å². The van der Waals surface area contributed by atoms with E-state index in [1.165, 1.54) is 6.07 Å². The zero-order valence-electron chi connectivity index (χ0n) is 19.5. The van der Waals surface area contributed by atoms with E-state index in [-0.39, 0.29) is 6.61 Å². The molecule has 11 heteroatoms. The summed E-state index contributed by atoms with van der Waals surface area (Å²) in [6, 6.07) is 18.2. The molecule has 1 heterocycles. The summed E-state index contributed by atoms with van der Waals surface area (Å²) in [7, 11) is 0. The van der Waals surface area contributed by atoms with Crippen LogP contribution in [0, 0.1) is 5.82 Å². The average molecular weight is 593 g/mol. The van der Waals surface area contributed by atoms with Crippen LogP contribution in [-0.4, -0.2) is 39.1 Å². The topological polar surface area (TPSA) is 74.1 Å². The summed E-state index contributed by atoms with van der Waals surface area (Å²) < 4.78 is 28.3. The smallest absolute Gasteiger partial charge is 0.214 e. The van der Waals surface area contributed by atoms with E-state index in [9.17, 15) is 4.39 Å². The fourth-order valence-corrected chi connectivity index (χ4v) is 5.00. The molecule has 0 unspecified atom stereocenters. The van der Waals surface area contributed by atoms with Crippen molar-refractivity contribution in [2.24, 2.45) is 0 Å². The van der Waals surface area contributed by atoms with Crippen molar-refractivity contribution in [2.75, 3.05) is 18.9 Å². The molecule has 0 aliphatic heterocycles. The van der Waals surface area contributed by atoms with Crippen molar-refractivity contribution in [2.45, 2.75) is 25.2 Å². The van der Waals surface area contributed by atoms with Gasteiger partial charge in [-0.05, 0) is 75.2 Å².